The third kappa shape index (κ3) is 1.13. The number of methoxy groups -OCH3 is 1. The van der Waals surface area contributed by atoms with Gasteiger partial charge >= 0.3 is 0 Å². The van der Waals surface area contributed by atoms with Gasteiger partial charge in [0, 0.05) is 6.07 Å². The molecule has 0 N–H and O–H groups in total. The molecule has 0 saturated carbocycles. The Morgan fingerprint density at radius 3 is 2.88 bits per heavy atom. The lowest BCUT2D eigenvalue weighted by atomic mass is 10.4. The summed E-state index contributed by atoms with van der Waals surface area (Å²) < 4.78 is 6.89. The number of hydrogen-bond donors (Lipinski definition) is 0. The molecule has 6 heteroatoms. The predicted octanol–water partition coefficient (Wildman–Crippen LogP) is 0.990. The molecule has 0 aliphatic carbocycles. The lowest BCUT2D eigenvalue weighted by molar-refractivity contribution is 0.399. The highest BCUT2D eigenvalue weighted by Gasteiger charge is 2.08. The van der Waals surface area contributed by atoms with E-state index in [1.54, 1.807) is 23.9 Å². The summed E-state index contributed by atoms with van der Waals surface area (Å²) in [7, 11) is 1.58. The third-order valence-electron chi connectivity index (χ3n) is 2.44. The lowest BCUT2D eigenvalue weighted by Gasteiger charge is -2.02. The van der Waals surface area contributed by atoms with E-state index in [4.69, 9.17) is 4.74 Å². The van der Waals surface area contributed by atoms with Crippen molar-refractivity contribution in [2.45, 2.75) is 6.92 Å². The van der Waals surface area contributed by atoms with Crippen molar-refractivity contribution in [2.24, 2.45) is 0 Å². The van der Waals surface area contributed by atoms with Crippen LogP contribution >= 0.6 is 0 Å². The molecule has 0 aromatic carbocycles. The number of rotatable bonds is 1. The highest BCUT2D eigenvalue weighted by Crippen LogP contribution is 2.16. The van der Waals surface area contributed by atoms with Crippen LogP contribution in [-0.2, 0) is 0 Å². The van der Waals surface area contributed by atoms with E-state index in [-0.39, 0.29) is 0 Å². The second kappa shape index (κ2) is 3.13. The van der Waals surface area contributed by atoms with Gasteiger partial charge in [0.2, 0.25) is 5.88 Å². The number of aromatic nitrogens is 5. The molecule has 0 unspecified atom stereocenters. The largest absolute Gasteiger partial charge is 0.481 e. The molecular formula is C10H9N5O. The first-order chi connectivity index (χ1) is 7.79. The van der Waals surface area contributed by atoms with Gasteiger partial charge in [-0.15, -0.1) is 10.2 Å². The highest BCUT2D eigenvalue weighted by molar-refractivity contribution is 5.73. The Labute approximate surface area is 90.9 Å². The molecule has 0 atom stereocenters. The molecule has 80 valence electrons. The van der Waals surface area contributed by atoms with Crippen molar-refractivity contribution in [1.29, 1.82) is 0 Å². The first-order valence-corrected chi connectivity index (χ1v) is 4.80. The van der Waals surface area contributed by atoms with Crippen molar-refractivity contribution < 1.29 is 4.74 Å². The second-order valence-corrected chi connectivity index (χ2v) is 3.42. The van der Waals surface area contributed by atoms with E-state index in [9.17, 15) is 0 Å². The summed E-state index contributed by atoms with van der Waals surface area (Å²) in [5.74, 6) is 0.549. The molecule has 3 rings (SSSR count). The van der Waals surface area contributed by atoms with Gasteiger partial charge in [-0.25, -0.2) is 4.98 Å². The quantitative estimate of drug-likeness (QED) is 0.605. The topological polar surface area (TPSA) is 65.2 Å². The number of pyridine rings is 1. The Morgan fingerprint density at radius 1 is 1.19 bits per heavy atom. The first kappa shape index (κ1) is 9.02. The van der Waals surface area contributed by atoms with Crippen LogP contribution in [0.4, 0.5) is 0 Å². The van der Waals surface area contributed by atoms with E-state index < -0.39 is 0 Å². The number of hydrogen-bond acceptors (Lipinski definition) is 5. The Hall–Kier alpha value is -2.24. The van der Waals surface area contributed by atoms with Crippen molar-refractivity contribution in [2.75, 3.05) is 7.11 Å². The van der Waals surface area contributed by atoms with Crippen molar-refractivity contribution in [3.63, 3.8) is 0 Å². The van der Waals surface area contributed by atoms with Gasteiger partial charge in [-0.3, -0.25) is 4.40 Å². The van der Waals surface area contributed by atoms with Crippen LogP contribution in [0.1, 0.15) is 5.69 Å². The average Bonchev–Trinajstić information content (AvgIpc) is 2.71. The normalized spacial score (nSPS) is 11.1. The van der Waals surface area contributed by atoms with Crippen LogP contribution in [0.2, 0.25) is 0 Å². The zero-order valence-corrected chi connectivity index (χ0v) is 8.88. The van der Waals surface area contributed by atoms with E-state index in [2.05, 4.69) is 20.2 Å². The van der Waals surface area contributed by atoms with Gasteiger partial charge in [0.05, 0.1) is 12.8 Å². The fraction of sp³-hybridized carbons (Fsp3) is 0.200. The minimum Gasteiger partial charge on any atom is -0.481 e. The van der Waals surface area contributed by atoms with E-state index in [0.29, 0.717) is 22.7 Å². The summed E-state index contributed by atoms with van der Waals surface area (Å²) in [6.45, 7) is 1.88. The van der Waals surface area contributed by atoms with Crippen LogP contribution < -0.4 is 4.74 Å². The summed E-state index contributed by atoms with van der Waals surface area (Å²) in [5.41, 5.74) is 2.96. The lowest BCUT2D eigenvalue weighted by Crippen LogP contribution is -1.98. The van der Waals surface area contributed by atoms with Crippen molar-refractivity contribution >= 4 is 16.8 Å². The number of fused-ring (bicyclic) bond motifs is 3. The fourth-order valence-electron chi connectivity index (χ4n) is 1.60. The minimum atomic E-state index is 0.549. The SMILES string of the molecule is COc1ccc2nnc3c(C)ncn3c2n1. The van der Waals surface area contributed by atoms with Crippen molar-refractivity contribution in [3.05, 3.63) is 24.2 Å². The molecule has 3 aromatic heterocycles. The maximum absolute atomic E-state index is 5.08. The average molecular weight is 215 g/mol. The Bertz CT molecular complexity index is 675. The van der Waals surface area contributed by atoms with E-state index in [1.165, 1.54) is 0 Å². The first-order valence-electron chi connectivity index (χ1n) is 4.80. The standard InChI is InChI=1S/C10H9N5O/c1-6-9-14-13-7-3-4-8(16-2)12-10(7)15(9)5-11-6/h3-5H,1-2H3. The maximum Gasteiger partial charge on any atom is 0.215 e. The Kier molecular flexibility index (Phi) is 1.76. The van der Waals surface area contributed by atoms with Crippen LogP contribution in [0.3, 0.4) is 0 Å². The van der Waals surface area contributed by atoms with Gasteiger partial charge < -0.3 is 4.74 Å². The number of aryl methyl sites for hydroxylation is 1. The van der Waals surface area contributed by atoms with Gasteiger partial charge in [-0.1, -0.05) is 0 Å². The van der Waals surface area contributed by atoms with Gasteiger partial charge in [0.1, 0.15) is 11.8 Å². The summed E-state index contributed by atoms with van der Waals surface area (Å²) in [4.78, 5) is 8.51. The second-order valence-electron chi connectivity index (χ2n) is 3.42. The molecule has 6 nitrogen and oxygen atoms in total. The minimum absolute atomic E-state index is 0.549. The number of ether oxygens (including phenoxy) is 1. The summed E-state index contributed by atoms with van der Waals surface area (Å²) in [6, 6.07) is 3.58. The maximum atomic E-state index is 5.08. The van der Waals surface area contributed by atoms with Crippen LogP contribution in [0, 0.1) is 6.92 Å². The van der Waals surface area contributed by atoms with Gasteiger partial charge in [0.15, 0.2) is 11.3 Å². The highest BCUT2D eigenvalue weighted by atomic mass is 16.5. The zero-order chi connectivity index (χ0) is 11.1. The monoisotopic (exact) mass is 215 g/mol. The molecule has 0 saturated heterocycles. The Balaban J connectivity index is 2.47. The molecule has 0 spiro atoms. The van der Waals surface area contributed by atoms with Crippen LogP contribution in [0.5, 0.6) is 5.88 Å². The van der Waals surface area contributed by atoms with E-state index >= 15 is 0 Å². The molecule has 3 aromatic rings. The molecule has 0 fully saturated rings. The van der Waals surface area contributed by atoms with Crippen LogP contribution in [-0.4, -0.2) is 31.7 Å². The molecular weight excluding hydrogens is 206 g/mol. The molecule has 0 radical (unpaired) electrons. The molecule has 16 heavy (non-hydrogen) atoms. The number of imidazole rings is 1. The van der Waals surface area contributed by atoms with Gasteiger partial charge in [0.25, 0.3) is 0 Å². The summed E-state index contributed by atoms with van der Waals surface area (Å²) >= 11 is 0. The van der Waals surface area contributed by atoms with Crippen LogP contribution in [0.25, 0.3) is 16.8 Å². The fourth-order valence-corrected chi connectivity index (χ4v) is 1.60. The van der Waals surface area contributed by atoms with E-state index in [1.807, 2.05) is 13.0 Å². The molecule has 0 aliphatic rings. The Morgan fingerprint density at radius 2 is 2.06 bits per heavy atom. The van der Waals surface area contributed by atoms with Crippen LogP contribution in [0.15, 0.2) is 18.5 Å². The third-order valence-corrected chi connectivity index (χ3v) is 2.44. The van der Waals surface area contributed by atoms with E-state index in [0.717, 1.165) is 5.69 Å². The van der Waals surface area contributed by atoms with Crippen molar-refractivity contribution in [1.82, 2.24) is 24.6 Å². The van der Waals surface area contributed by atoms with Crippen molar-refractivity contribution in [3.8, 4) is 5.88 Å². The number of nitrogens with zero attached hydrogens (tertiary/aromatic N) is 5. The zero-order valence-electron chi connectivity index (χ0n) is 8.88. The summed E-state index contributed by atoms with van der Waals surface area (Å²) in [6.07, 6.45) is 1.69. The molecule has 0 aliphatic heterocycles. The smallest absolute Gasteiger partial charge is 0.215 e. The van der Waals surface area contributed by atoms with Gasteiger partial charge in [-0.2, -0.15) is 4.98 Å². The van der Waals surface area contributed by atoms with Gasteiger partial charge in [-0.05, 0) is 13.0 Å². The molecule has 0 bridgehead atoms. The molecule has 3 heterocycles. The summed E-state index contributed by atoms with van der Waals surface area (Å²) in [5, 5.41) is 8.18. The predicted molar refractivity (Wildman–Crippen MR) is 57.4 cm³/mol. The molecule has 0 amide bonds.